The van der Waals surface area contributed by atoms with Gasteiger partial charge in [0.2, 0.25) is 0 Å². The van der Waals surface area contributed by atoms with E-state index in [1.54, 1.807) is 11.8 Å². The van der Waals surface area contributed by atoms with Crippen LogP contribution in [0.4, 0.5) is 5.69 Å². The van der Waals surface area contributed by atoms with Gasteiger partial charge in [0.25, 0.3) is 0 Å². The van der Waals surface area contributed by atoms with Crippen LogP contribution < -0.4 is 5.73 Å². The number of anilines is 1. The van der Waals surface area contributed by atoms with Gasteiger partial charge in [-0.05, 0) is 42.5 Å². The molecule has 2 aromatic carbocycles. The van der Waals surface area contributed by atoms with Gasteiger partial charge in [0.05, 0.1) is 0 Å². The molecule has 0 atom stereocenters. The molecule has 0 fully saturated rings. The molecule has 0 saturated heterocycles. The molecule has 0 spiro atoms. The van der Waals surface area contributed by atoms with E-state index in [-0.39, 0.29) is 0 Å². The summed E-state index contributed by atoms with van der Waals surface area (Å²) in [4.78, 5) is 2.24. The van der Waals surface area contributed by atoms with Crippen molar-refractivity contribution in [3.8, 4) is 0 Å². The third kappa shape index (κ3) is 3.03. The summed E-state index contributed by atoms with van der Waals surface area (Å²) < 4.78 is 2.13. The number of halogens is 2. The second-order valence-electron chi connectivity index (χ2n) is 3.24. The van der Waals surface area contributed by atoms with Crippen LogP contribution in [0.5, 0.6) is 0 Å². The van der Waals surface area contributed by atoms with Crippen LogP contribution in [-0.2, 0) is 0 Å². The first-order valence-corrected chi connectivity index (χ1v) is 7.04. The van der Waals surface area contributed by atoms with Gasteiger partial charge in [-0.15, -0.1) is 0 Å². The summed E-state index contributed by atoms with van der Waals surface area (Å²) in [6.45, 7) is 0. The smallest absolute Gasteiger partial charge is 0.0456 e. The molecule has 1 nitrogen and oxygen atoms in total. The summed E-state index contributed by atoms with van der Waals surface area (Å²) >= 11 is 8.52. The van der Waals surface area contributed by atoms with E-state index >= 15 is 0 Å². The maximum Gasteiger partial charge on any atom is 0.0456 e. The van der Waals surface area contributed by atoms with E-state index in [4.69, 9.17) is 5.73 Å². The lowest BCUT2D eigenvalue weighted by Crippen LogP contribution is -1.87. The highest BCUT2D eigenvalue weighted by atomic mass is 79.9. The third-order valence-corrected chi connectivity index (χ3v) is 4.12. The Bertz CT molecular complexity index is 497. The normalized spacial score (nSPS) is 10.4. The zero-order valence-corrected chi connectivity index (χ0v) is 12.3. The van der Waals surface area contributed by atoms with Crippen LogP contribution in [0.1, 0.15) is 0 Å². The maximum absolute atomic E-state index is 5.92. The minimum atomic E-state index is 0.802. The molecular formula is C12H9Br2NS. The minimum Gasteiger partial charge on any atom is -0.398 e. The fourth-order valence-corrected chi connectivity index (χ4v) is 2.90. The average molecular weight is 359 g/mol. The Hall–Kier alpha value is -0.450. The van der Waals surface area contributed by atoms with Crippen molar-refractivity contribution in [2.24, 2.45) is 0 Å². The van der Waals surface area contributed by atoms with Gasteiger partial charge in [0, 0.05) is 24.4 Å². The van der Waals surface area contributed by atoms with Gasteiger partial charge in [-0.1, -0.05) is 43.6 Å². The van der Waals surface area contributed by atoms with Crippen LogP contribution in [-0.4, -0.2) is 0 Å². The number of nitrogen functional groups attached to an aromatic ring is 1. The molecular weight excluding hydrogens is 350 g/mol. The molecule has 0 unspecified atom stereocenters. The van der Waals surface area contributed by atoms with E-state index in [1.807, 2.05) is 30.3 Å². The second kappa shape index (κ2) is 5.25. The lowest BCUT2D eigenvalue weighted by atomic mass is 10.3. The van der Waals surface area contributed by atoms with Crippen LogP contribution in [0.2, 0.25) is 0 Å². The molecule has 0 aromatic heterocycles. The fourth-order valence-electron chi connectivity index (χ4n) is 1.23. The number of hydrogen-bond acceptors (Lipinski definition) is 2. The van der Waals surface area contributed by atoms with Gasteiger partial charge in [-0.2, -0.15) is 0 Å². The number of rotatable bonds is 2. The molecule has 4 heteroatoms. The third-order valence-electron chi connectivity index (χ3n) is 2.02. The first-order valence-electron chi connectivity index (χ1n) is 4.63. The quantitative estimate of drug-likeness (QED) is 0.769. The SMILES string of the molecule is Nc1ccc(Br)cc1Sc1ccc(Br)cc1. The highest BCUT2D eigenvalue weighted by Crippen LogP contribution is 2.34. The molecule has 0 amide bonds. The Kier molecular flexibility index (Phi) is 3.95. The molecule has 16 heavy (non-hydrogen) atoms. The largest absolute Gasteiger partial charge is 0.398 e. The maximum atomic E-state index is 5.92. The predicted molar refractivity (Wildman–Crippen MR) is 76.8 cm³/mol. The fraction of sp³-hybridized carbons (Fsp3) is 0. The summed E-state index contributed by atoms with van der Waals surface area (Å²) in [7, 11) is 0. The van der Waals surface area contributed by atoms with Gasteiger partial charge in [0.1, 0.15) is 0 Å². The van der Waals surface area contributed by atoms with Crippen molar-refractivity contribution in [3.05, 3.63) is 51.4 Å². The molecule has 0 bridgehead atoms. The zero-order valence-electron chi connectivity index (χ0n) is 8.28. The van der Waals surface area contributed by atoms with Crippen molar-refractivity contribution in [3.63, 3.8) is 0 Å². The average Bonchev–Trinajstić information content (AvgIpc) is 2.27. The van der Waals surface area contributed by atoms with Crippen LogP contribution in [0.25, 0.3) is 0 Å². The monoisotopic (exact) mass is 357 g/mol. The molecule has 82 valence electrons. The molecule has 0 aliphatic carbocycles. The Morgan fingerprint density at radius 2 is 1.50 bits per heavy atom. The second-order valence-corrected chi connectivity index (χ2v) is 6.18. The number of hydrogen-bond donors (Lipinski definition) is 1. The van der Waals surface area contributed by atoms with Crippen molar-refractivity contribution >= 4 is 49.3 Å². The van der Waals surface area contributed by atoms with Crippen molar-refractivity contribution < 1.29 is 0 Å². The first-order chi connectivity index (χ1) is 7.65. The summed E-state index contributed by atoms with van der Waals surface area (Å²) in [5.41, 5.74) is 6.72. The molecule has 2 aromatic rings. The van der Waals surface area contributed by atoms with E-state index < -0.39 is 0 Å². The summed E-state index contributed by atoms with van der Waals surface area (Å²) in [5, 5.41) is 0. The van der Waals surface area contributed by atoms with E-state index in [0.717, 1.165) is 19.5 Å². The highest BCUT2D eigenvalue weighted by molar-refractivity contribution is 9.10. The lowest BCUT2D eigenvalue weighted by Gasteiger charge is -2.05. The zero-order chi connectivity index (χ0) is 11.5. The summed E-state index contributed by atoms with van der Waals surface area (Å²) in [5.74, 6) is 0. The van der Waals surface area contributed by atoms with Crippen LogP contribution in [0.15, 0.2) is 61.2 Å². The van der Waals surface area contributed by atoms with Crippen molar-refractivity contribution in [1.82, 2.24) is 0 Å². The topological polar surface area (TPSA) is 26.0 Å². The molecule has 0 aliphatic heterocycles. The van der Waals surface area contributed by atoms with Gasteiger partial charge >= 0.3 is 0 Å². The van der Waals surface area contributed by atoms with Crippen LogP contribution in [0, 0.1) is 0 Å². The van der Waals surface area contributed by atoms with Crippen molar-refractivity contribution in [2.75, 3.05) is 5.73 Å². The number of benzene rings is 2. The molecule has 2 N–H and O–H groups in total. The highest BCUT2D eigenvalue weighted by Gasteiger charge is 2.02. The molecule has 0 aliphatic rings. The van der Waals surface area contributed by atoms with Crippen LogP contribution in [0.3, 0.4) is 0 Å². The van der Waals surface area contributed by atoms with Gasteiger partial charge in [-0.3, -0.25) is 0 Å². The van der Waals surface area contributed by atoms with Gasteiger partial charge < -0.3 is 5.73 Å². The molecule has 0 heterocycles. The van der Waals surface area contributed by atoms with E-state index in [0.29, 0.717) is 0 Å². The minimum absolute atomic E-state index is 0.802. The lowest BCUT2D eigenvalue weighted by molar-refractivity contribution is 1.39. The molecule has 0 saturated carbocycles. The van der Waals surface area contributed by atoms with E-state index in [9.17, 15) is 0 Å². The predicted octanol–water partition coefficient (Wildman–Crippen LogP) is 4.95. The standard InChI is InChI=1S/C12H9Br2NS/c13-8-1-4-10(5-2-8)16-12-7-9(14)3-6-11(12)15/h1-7H,15H2. The van der Waals surface area contributed by atoms with Crippen molar-refractivity contribution in [2.45, 2.75) is 9.79 Å². The summed E-state index contributed by atoms with van der Waals surface area (Å²) in [6.07, 6.45) is 0. The Balaban J connectivity index is 2.26. The van der Waals surface area contributed by atoms with Gasteiger partial charge in [0.15, 0.2) is 0 Å². The van der Waals surface area contributed by atoms with Crippen molar-refractivity contribution in [1.29, 1.82) is 0 Å². The Morgan fingerprint density at radius 1 is 0.875 bits per heavy atom. The summed E-state index contributed by atoms with van der Waals surface area (Å²) in [6, 6.07) is 14.1. The van der Waals surface area contributed by atoms with Crippen LogP contribution >= 0.6 is 43.6 Å². The number of nitrogens with two attached hydrogens (primary N) is 1. The van der Waals surface area contributed by atoms with E-state index in [1.165, 1.54) is 4.90 Å². The molecule has 0 radical (unpaired) electrons. The Labute approximate surface area is 116 Å². The Morgan fingerprint density at radius 3 is 2.19 bits per heavy atom. The van der Waals surface area contributed by atoms with Gasteiger partial charge in [-0.25, -0.2) is 0 Å². The molecule has 2 rings (SSSR count). The van der Waals surface area contributed by atoms with E-state index in [2.05, 4.69) is 44.0 Å². The first kappa shape index (κ1) is 12.0.